The summed E-state index contributed by atoms with van der Waals surface area (Å²) < 4.78 is 5.96. The third kappa shape index (κ3) is 1.54. The molecule has 3 aliphatic rings. The first-order valence-corrected chi connectivity index (χ1v) is 6.81. The summed E-state index contributed by atoms with van der Waals surface area (Å²) in [6, 6.07) is 0.217. The Hall–Kier alpha value is -0.610. The van der Waals surface area contributed by atoms with Crippen molar-refractivity contribution in [2.45, 2.75) is 63.3 Å². The monoisotopic (exact) mass is 239 g/mol. The Morgan fingerprint density at radius 3 is 2.76 bits per heavy atom. The summed E-state index contributed by atoms with van der Waals surface area (Å²) in [7, 11) is 0. The van der Waals surface area contributed by atoms with Gasteiger partial charge in [0, 0.05) is 0 Å². The van der Waals surface area contributed by atoms with E-state index in [1.807, 2.05) is 4.90 Å². The summed E-state index contributed by atoms with van der Waals surface area (Å²) >= 11 is 0. The highest BCUT2D eigenvalue weighted by Gasteiger charge is 2.60. The summed E-state index contributed by atoms with van der Waals surface area (Å²) in [5.74, 6) is -0.0794. The first kappa shape index (κ1) is 11.5. The zero-order chi connectivity index (χ0) is 12.0. The van der Waals surface area contributed by atoms with Crippen molar-refractivity contribution >= 4 is 5.91 Å². The van der Waals surface area contributed by atoms with E-state index in [1.54, 1.807) is 6.92 Å². The number of hydrogen-bond donors (Lipinski definition) is 1. The van der Waals surface area contributed by atoms with Crippen LogP contribution in [0.25, 0.3) is 0 Å². The van der Waals surface area contributed by atoms with Crippen LogP contribution in [0.15, 0.2) is 0 Å². The molecule has 3 fully saturated rings. The Morgan fingerprint density at radius 2 is 2.12 bits per heavy atom. The van der Waals surface area contributed by atoms with Crippen molar-refractivity contribution in [2.75, 3.05) is 6.61 Å². The van der Waals surface area contributed by atoms with Crippen molar-refractivity contribution in [1.82, 2.24) is 4.90 Å². The van der Waals surface area contributed by atoms with Crippen LogP contribution in [0.5, 0.6) is 0 Å². The van der Waals surface area contributed by atoms with Gasteiger partial charge >= 0.3 is 0 Å². The van der Waals surface area contributed by atoms with Crippen molar-refractivity contribution in [3.8, 4) is 0 Å². The molecule has 2 heterocycles. The molecule has 0 aromatic heterocycles. The Bertz CT molecular complexity index is 317. The molecule has 96 valence electrons. The zero-order valence-corrected chi connectivity index (χ0v) is 10.4. The average molecular weight is 239 g/mol. The Morgan fingerprint density at radius 1 is 1.41 bits per heavy atom. The first-order chi connectivity index (χ1) is 8.16. The van der Waals surface area contributed by atoms with Crippen LogP contribution < -0.4 is 0 Å². The third-order valence-corrected chi connectivity index (χ3v) is 4.65. The van der Waals surface area contributed by atoms with E-state index in [1.165, 1.54) is 6.42 Å². The fourth-order valence-corrected chi connectivity index (χ4v) is 3.84. The average Bonchev–Trinajstić information content (AvgIpc) is 2.28. The number of fused-ring (bicyclic) bond motifs is 2. The minimum atomic E-state index is -0.525. The van der Waals surface area contributed by atoms with E-state index in [2.05, 4.69) is 0 Å². The van der Waals surface area contributed by atoms with Gasteiger partial charge in [0.15, 0.2) is 0 Å². The summed E-state index contributed by atoms with van der Waals surface area (Å²) in [6.07, 6.45) is 5.85. The molecule has 1 unspecified atom stereocenters. The predicted octanol–water partition coefficient (Wildman–Crippen LogP) is 1.27. The van der Waals surface area contributed by atoms with Gasteiger partial charge in [-0.25, -0.2) is 0 Å². The van der Waals surface area contributed by atoms with Gasteiger partial charge < -0.3 is 14.7 Å². The summed E-state index contributed by atoms with van der Waals surface area (Å²) in [5.41, 5.74) is -0.316. The lowest BCUT2D eigenvalue weighted by molar-refractivity contribution is -0.261. The van der Waals surface area contributed by atoms with E-state index in [0.717, 1.165) is 38.7 Å². The van der Waals surface area contributed by atoms with Crippen molar-refractivity contribution in [1.29, 1.82) is 0 Å². The molecule has 1 spiro atoms. The molecule has 2 saturated heterocycles. The molecule has 17 heavy (non-hydrogen) atoms. The molecule has 0 bridgehead atoms. The maximum absolute atomic E-state index is 12.2. The molecule has 2 aliphatic heterocycles. The topological polar surface area (TPSA) is 49.8 Å². The van der Waals surface area contributed by atoms with Crippen LogP contribution in [0, 0.1) is 5.92 Å². The number of aliphatic hydroxyl groups excluding tert-OH is 1. The highest BCUT2D eigenvalue weighted by Crippen LogP contribution is 2.47. The summed E-state index contributed by atoms with van der Waals surface area (Å²) in [6.45, 7) is 2.46. The lowest BCUT2D eigenvalue weighted by Gasteiger charge is -2.61. The van der Waals surface area contributed by atoms with E-state index in [0.29, 0.717) is 0 Å². The zero-order valence-electron chi connectivity index (χ0n) is 10.4. The molecular formula is C13H21NO3. The minimum Gasteiger partial charge on any atom is -0.393 e. The molecule has 3 atom stereocenters. The van der Waals surface area contributed by atoms with Gasteiger partial charge in [-0.1, -0.05) is 6.42 Å². The number of hydrogen-bond acceptors (Lipinski definition) is 3. The smallest absolute Gasteiger partial charge is 0.232 e. The molecule has 0 aromatic rings. The molecule has 1 aliphatic carbocycles. The van der Waals surface area contributed by atoms with E-state index in [-0.39, 0.29) is 23.6 Å². The second kappa shape index (κ2) is 3.95. The van der Waals surface area contributed by atoms with Crippen molar-refractivity contribution in [2.24, 2.45) is 5.92 Å². The van der Waals surface area contributed by atoms with E-state index >= 15 is 0 Å². The van der Waals surface area contributed by atoms with Crippen LogP contribution in [-0.2, 0) is 9.53 Å². The Kier molecular flexibility index (Phi) is 2.67. The minimum absolute atomic E-state index is 0.103. The van der Waals surface area contributed by atoms with Gasteiger partial charge in [0.25, 0.3) is 0 Å². The standard InChI is InChI=1S/C13H21NO3/c1-9(15)11-10-5-8-17-13(14(10)12(11)16)6-3-2-4-7-13/h9-11,15H,2-8H2,1H3/t9-,10?,11-/m1/s1. The first-order valence-electron chi connectivity index (χ1n) is 6.81. The van der Waals surface area contributed by atoms with E-state index in [9.17, 15) is 9.90 Å². The number of β-lactam (4-membered cyclic amide) rings is 1. The highest BCUT2D eigenvalue weighted by atomic mass is 16.5. The third-order valence-electron chi connectivity index (χ3n) is 4.65. The lowest BCUT2D eigenvalue weighted by Crippen LogP contribution is -2.75. The van der Waals surface area contributed by atoms with Crippen molar-refractivity contribution in [3.63, 3.8) is 0 Å². The van der Waals surface area contributed by atoms with Crippen LogP contribution in [0.4, 0.5) is 0 Å². The van der Waals surface area contributed by atoms with Crippen LogP contribution in [0.1, 0.15) is 45.4 Å². The fourth-order valence-electron chi connectivity index (χ4n) is 3.84. The Balaban J connectivity index is 1.82. The molecule has 0 aromatic carbocycles. The molecule has 4 nitrogen and oxygen atoms in total. The van der Waals surface area contributed by atoms with Crippen LogP contribution >= 0.6 is 0 Å². The second-order valence-electron chi connectivity index (χ2n) is 5.69. The van der Waals surface area contributed by atoms with Gasteiger partial charge in [-0.15, -0.1) is 0 Å². The molecule has 0 radical (unpaired) electrons. The highest BCUT2D eigenvalue weighted by molar-refractivity contribution is 5.87. The summed E-state index contributed by atoms with van der Waals surface area (Å²) in [5, 5.41) is 9.68. The second-order valence-corrected chi connectivity index (χ2v) is 5.69. The van der Waals surface area contributed by atoms with Gasteiger partial charge in [-0.05, 0) is 39.0 Å². The van der Waals surface area contributed by atoms with Gasteiger partial charge in [0.2, 0.25) is 5.91 Å². The number of rotatable bonds is 1. The van der Waals surface area contributed by atoms with E-state index < -0.39 is 6.10 Å². The number of nitrogens with zero attached hydrogens (tertiary/aromatic N) is 1. The fraction of sp³-hybridized carbons (Fsp3) is 0.923. The normalized spacial score (nSPS) is 37.5. The van der Waals surface area contributed by atoms with Gasteiger partial charge in [0.1, 0.15) is 5.72 Å². The number of amides is 1. The lowest BCUT2D eigenvalue weighted by atomic mass is 9.75. The van der Waals surface area contributed by atoms with Gasteiger partial charge in [-0.3, -0.25) is 4.79 Å². The quantitative estimate of drug-likeness (QED) is 0.701. The number of aliphatic hydroxyl groups is 1. The summed E-state index contributed by atoms with van der Waals surface area (Å²) in [4.78, 5) is 14.1. The molecular weight excluding hydrogens is 218 g/mol. The van der Waals surface area contributed by atoms with Gasteiger partial charge in [0.05, 0.1) is 24.7 Å². The SMILES string of the molecule is C[C@@H](O)[C@H]1C(=O)N2C1CCOC21CCCCC1. The molecule has 1 amide bonds. The van der Waals surface area contributed by atoms with E-state index in [4.69, 9.17) is 4.74 Å². The molecule has 1 saturated carbocycles. The molecule has 4 heteroatoms. The van der Waals surface area contributed by atoms with Crippen LogP contribution in [0.2, 0.25) is 0 Å². The number of ether oxygens (including phenoxy) is 1. The van der Waals surface area contributed by atoms with Gasteiger partial charge in [-0.2, -0.15) is 0 Å². The van der Waals surface area contributed by atoms with Crippen LogP contribution in [0.3, 0.4) is 0 Å². The van der Waals surface area contributed by atoms with Crippen molar-refractivity contribution in [3.05, 3.63) is 0 Å². The maximum Gasteiger partial charge on any atom is 0.232 e. The number of carbonyl (C=O) groups is 1. The largest absolute Gasteiger partial charge is 0.393 e. The molecule has 3 rings (SSSR count). The van der Waals surface area contributed by atoms with Crippen LogP contribution in [-0.4, -0.2) is 40.4 Å². The Labute approximate surface area is 102 Å². The molecule has 1 N–H and O–H groups in total. The maximum atomic E-state index is 12.2. The predicted molar refractivity (Wildman–Crippen MR) is 62.2 cm³/mol. The van der Waals surface area contributed by atoms with Crippen molar-refractivity contribution < 1.29 is 14.6 Å². The number of carbonyl (C=O) groups excluding carboxylic acids is 1.